The van der Waals surface area contributed by atoms with E-state index in [2.05, 4.69) is 188 Å². The van der Waals surface area contributed by atoms with Gasteiger partial charge in [0.05, 0.1) is 5.16 Å². The van der Waals surface area contributed by atoms with Crippen molar-refractivity contribution in [2.24, 2.45) is 0 Å². The average molecular weight is 653 g/mol. The minimum Gasteiger partial charge on any atom is -0.302 e. The van der Waals surface area contributed by atoms with Gasteiger partial charge in [0, 0.05) is 0 Å². The average Bonchev–Trinajstić information content (AvgIpc) is 3.17. The molecule has 1 unspecified atom stereocenters. The lowest BCUT2D eigenvalue weighted by molar-refractivity contribution is -0.108. The van der Waals surface area contributed by atoms with E-state index in [9.17, 15) is 4.79 Å². The highest BCUT2D eigenvalue weighted by Gasteiger charge is 2.46. The lowest BCUT2D eigenvalue weighted by Gasteiger charge is -2.42. The molecule has 1 atom stereocenters. The van der Waals surface area contributed by atoms with Crippen LogP contribution in [0.2, 0.25) is 0 Å². The lowest BCUT2D eigenvalue weighted by atomic mass is 9.82. The summed E-state index contributed by atoms with van der Waals surface area (Å²) in [5, 5.41) is 10.1. The summed E-state index contributed by atoms with van der Waals surface area (Å²) in [5.74, 6) is 0. The van der Waals surface area contributed by atoms with Crippen LogP contribution in [0, 0.1) is 0 Å². The van der Waals surface area contributed by atoms with Crippen molar-refractivity contribution < 1.29 is 4.79 Å². The van der Waals surface area contributed by atoms with Crippen LogP contribution >= 0.6 is 15.8 Å². The number of hydrogen-bond donors (Lipinski definition) is 0. The highest BCUT2D eigenvalue weighted by atomic mass is 31.1. The van der Waals surface area contributed by atoms with Gasteiger partial charge >= 0.3 is 0 Å². The molecular formula is C45H34OP2. The summed E-state index contributed by atoms with van der Waals surface area (Å²) in [6.07, 6.45) is 4.23. The van der Waals surface area contributed by atoms with Crippen LogP contribution in [0.1, 0.15) is 12.0 Å². The van der Waals surface area contributed by atoms with E-state index in [1.165, 1.54) is 54.4 Å². The number of hydrogen-bond acceptors (Lipinski definition) is 1. The SMILES string of the molecule is O=CC1(P(c2ccccc2)c2ccccc2)CC=c2ccccc2=C1c1c(P(c2ccccc2)c2ccccc2)ccc2ccccc12. The molecule has 1 nitrogen and oxygen atoms in total. The lowest BCUT2D eigenvalue weighted by Crippen LogP contribution is -2.47. The van der Waals surface area contributed by atoms with Crippen molar-refractivity contribution in [2.45, 2.75) is 11.6 Å². The molecule has 0 amide bonds. The predicted molar refractivity (Wildman–Crippen MR) is 208 cm³/mol. The smallest absolute Gasteiger partial charge is 0.135 e. The monoisotopic (exact) mass is 652 g/mol. The summed E-state index contributed by atoms with van der Waals surface area (Å²) in [6.45, 7) is 0. The molecule has 0 saturated carbocycles. The molecule has 7 aromatic carbocycles. The van der Waals surface area contributed by atoms with Gasteiger partial charge < -0.3 is 4.79 Å². The molecule has 0 radical (unpaired) electrons. The maximum Gasteiger partial charge on any atom is 0.135 e. The van der Waals surface area contributed by atoms with E-state index in [0.717, 1.165) is 10.8 Å². The van der Waals surface area contributed by atoms with E-state index >= 15 is 0 Å². The first-order valence-corrected chi connectivity index (χ1v) is 19.1. The largest absolute Gasteiger partial charge is 0.302 e. The zero-order valence-corrected chi connectivity index (χ0v) is 28.3. The normalized spacial score (nSPS) is 15.7. The fourth-order valence-corrected chi connectivity index (χ4v) is 12.7. The Labute approximate surface area is 284 Å². The second-order valence-corrected chi connectivity index (χ2v) is 16.8. The molecule has 0 fully saturated rings. The molecule has 230 valence electrons. The fourth-order valence-electron chi connectivity index (χ4n) is 7.27. The molecule has 0 bridgehead atoms. The molecule has 0 heterocycles. The molecular weight excluding hydrogens is 618 g/mol. The van der Waals surface area contributed by atoms with Crippen molar-refractivity contribution in [1.82, 2.24) is 0 Å². The van der Waals surface area contributed by atoms with Crippen LogP contribution in [0.15, 0.2) is 182 Å². The molecule has 1 aliphatic carbocycles. The third-order valence-corrected chi connectivity index (χ3v) is 14.8. The van der Waals surface area contributed by atoms with Crippen LogP contribution in [0.4, 0.5) is 0 Å². The second-order valence-electron chi connectivity index (χ2n) is 12.1. The minimum atomic E-state index is -1.17. The highest BCUT2D eigenvalue weighted by molar-refractivity contribution is 7.80. The van der Waals surface area contributed by atoms with Crippen LogP contribution in [0.5, 0.6) is 0 Å². The van der Waals surface area contributed by atoms with E-state index in [1.807, 2.05) is 0 Å². The summed E-state index contributed by atoms with van der Waals surface area (Å²) < 4.78 is 0. The van der Waals surface area contributed by atoms with Crippen molar-refractivity contribution in [3.05, 3.63) is 198 Å². The number of fused-ring (bicyclic) bond motifs is 2. The van der Waals surface area contributed by atoms with Crippen molar-refractivity contribution in [2.75, 3.05) is 0 Å². The third-order valence-electron chi connectivity index (χ3n) is 9.35. The molecule has 0 aliphatic heterocycles. The minimum absolute atomic E-state index is 0.621. The molecule has 48 heavy (non-hydrogen) atoms. The first-order chi connectivity index (χ1) is 23.8. The number of benzene rings is 7. The molecule has 0 saturated heterocycles. The molecule has 8 rings (SSSR count). The highest BCUT2D eigenvalue weighted by Crippen LogP contribution is 2.57. The molecule has 0 aromatic heterocycles. The van der Waals surface area contributed by atoms with Crippen molar-refractivity contribution in [3.8, 4) is 0 Å². The summed E-state index contributed by atoms with van der Waals surface area (Å²) in [7, 11) is -2.13. The molecule has 0 N–H and O–H groups in total. The Morgan fingerprint density at radius 2 is 1.00 bits per heavy atom. The number of carbonyl (C=O) groups is 1. The van der Waals surface area contributed by atoms with Crippen LogP contribution in [0.25, 0.3) is 22.4 Å². The summed E-state index contributed by atoms with van der Waals surface area (Å²) in [5.41, 5.74) is 2.33. The maximum atomic E-state index is 14.4. The van der Waals surface area contributed by atoms with Crippen molar-refractivity contribution in [1.29, 1.82) is 0 Å². The van der Waals surface area contributed by atoms with E-state index in [4.69, 9.17) is 0 Å². The second kappa shape index (κ2) is 13.3. The Bertz CT molecular complexity index is 2260. The van der Waals surface area contributed by atoms with Gasteiger partial charge in [0.2, 0.25) is 0 Å². The first kappa shape index (κ1) is 30.4. The fraction of sp³-hybridized carbons (Fsp3) is 0.0444. The van der Waals surface area contributed by atoms with Crippen LogP contribution < -0.4 is 37.0 Å². The molecule has 0 spiro atoms. The first-order valence-electron chi connectivity index (χ1n) is 16.4. The van der Waals surface area contributed by atoms with E-state index < -0.39 is 21.0 Å². The number of rotatable bonds is 8. The Balaban J connectivity index is 1.55. The van der Waals surface area contributed by atoms with Gasteiger partial charge in [-0.15, -0.1) is 0 Å². The third kappa shape index (κ3) is 5.35. The van der Waals surface area contributed by atoms with Gasteiger partial charge in [0.1, 0.15) is 6.29 Å². The van der Waals surface area contributed by atoms with Gasteiger partial charge in [-0.3, -0.25) is 0 Å². The number of carbonyl (C=O) groups excluding carboxylic acids is 1. The topological polar surface area (TPSA) is 17.1 Å². The van der Waals surface area contributed by atoms with Crippen LogP contribution in [-0.4, -0.2) is 11.4 Å². The summed E-state index contributed by atoms with van der Waals surface area (Å²) in [6, 6.07) is 65.3. The van der Waals surface area contributed by atoms with Crippen molar-refractivity contribution >= 4 is 71.1 Å². The zero-order chi connectivity index (χ0) is 32.3. The molecule has 7 aromatic rings. The zero-order valence-electron chi connectivity index (χ0n) is 26.5. The summed E-state index contributed by atoms with van der Waals surface area (Å²) >= 11 is 0. The van der Waals surface area contributed by atoms with Gasteiger partial charge in [0.25, 0.3) is 0 Å². The quantitative estimate of drug-likeness (QED) is 0.127. The summed E-state index contributed by atoms with van der Waals surface area (Å²) in [4.78, 5) is 14.4. The van der Waals surface area contributed by atoms with Gasteiger partial charge in [-0.2, -0.15) is 0 Å². The number of aldehydes is 1. The maximum absolute atomic E-state index is 14.4. The van der Waals surface area contributed by atoms with E-state index in [-0.39, 0.29) is 0 Å². The van der Waals surface area contributed by atoms with Crippen molar-refractivity contribution in [3.63, 3.8) is 0 Å². The Morgan fingerprint density at radius 3 is 1.58 bits per heavy atom. The predicted octanol–water partition coefficient (Wildman–Crippen LogP) is 7.05. The van der Waals surface area contributed by atoms with E-state index in [1.54, 1.807) is 0 Å². The molecule has 3 heteroatoms. The molecule has 1 aliphatic rings. The van der Waals surface area contributed by atoms with Gasteiger partial charge in [-0.1, -0.05) is 188 Å². The van der Waals surface area contributed by atoms with Gasteiger partial charge in [-0.05, 0) is 81.1 Å². The van der Waals surface area contributed by atoms with Crippen LogP contribution in [-0.2, 0) is 4.79 Å². The Hall–Kier alpha value is -4.93. The Kier molecular flexibility index (Phi) is 8.42. The standard InChI is InChI=1S/C45H34OP2/c46-33-45(48(38-23-9-3-10-24-38)39-25-11-4-12-26-39)32-31-35-18-14-16-28-41(35)44(45)43-40-27-15-13-17-34(40)29-30-42(43)47(36-19-5-1-6-20-36)37-21-7-2-8-22-37/h1-31,33H,32H2. The Morgan fingerprint density at radius 1 is 0.500 bits per heavy atom. The van der Waals surface area contributed by atoms with Gasteiger partial charge in [-0.25, -0.2) is 0 Å². The van der Waals surface area contributed by atoms with Gasteiger partial charge in [0.15, 0.2) is 0 Å². The van der Waals surface area contributed by atoms with Crippen LogP contribution in [0.3, 0.4) is 0 Å². The van der Waals surface area contributed by atoms with E-state index in [0.29, 0.717) is 6.42 Å².